The van der Waals surface area contributed by atoms with Gasteiger partial charge >= 0.3 is 6.09 Å². The lowest BCUT2D eigenvalue weighted by Gasteiger charge is -2.36. The van der Waals surface area contributed by atoms with Gasteiger partial charge in [0.1, 0.15) is 6.10 Å². The Morgan fingerprint density at radius 2 is 2.23 bits per heavy atom. The van der Waals surface area contributed by atoms with E-state index in [1.54, 1.807) is 5.57 Å². The van der Waals surface area contributed by atoms with Crippen molar-refractivity contribution in [1.82, 2.24) is 4.90 Å². The van der Waals surface area contributed by atoms with Crippen LogP contribution in [0.5, 0.6) is 0 Å². The van der Waals surface area contributed by atoms with E-state index < -0.39 is 0 Å². The highest BCUT2D eigenvalue weighted by molar-refractivity contribution is 5.70. The number of hydrogen-bond acceptors (Lipinski definition) is 2. The average Bonchev–Trinajstić information content (AvgIpc) is 2.88. The number of carbonyl (C=O) groups is 1. The molecule has 1 heterocycles. The van der Waals surface area contributed by atoms with Crippen LogP contribution in [0.2, 0.25) is 0 Å². The Hall–Kier alpha value is -1.51. The van der Waals surface area contributed by atoms with E-state index in [1.807, 2.05) is 4.90 Å². The third kappa shape index (κ3) is 2.99. The highest BCUT2D eigenvalue weighted by atomic mass is 16.6. The first-order valence-electron chi connectivity index (χ1n) is 8.77. The molecule has 2 unspecified atom stereocenters. The summed E-state index contributed by atoms with van der Waals surface area (Å²) in [7, 11) is 0. The van der Waals surface area contributed by atoms with Crippen LogP contribution in [-0.4, -0.2) is 29.7 Å². The molecule has 0 aromatic carbocycles. The van der Waals surface area contributed by atoms with Gasteiger partial charge in [-0.2, -0.15) is 0 Å². The molecule has 0 aromatic rings. The van der Waals surface area contributed by atoms with Gasteiger partial charge in [0.15, 0.2) is 0 Å². The number of hydrogen-bond donors (Lipinski definition) is 0. The first-order valence-corrected chi connectivity index (χ1v) is 8.77. The minimum Gasteiger partial charge on any atom is -0.446 e. The van der Waals surface area contributed by atoms with Crippen molar-refractivity contribution in [2.24, 2.45) is 5.92 Å². The van der Waals surface area contributed by atoms with Gasteiger partial charge in [-0.3, -0.25) is 4.90 Å². The second kappa shape index (κ2) is 6.72. The quantitative estimate of drug-likeness (QED) is 0.762. The third-order valence-electron chi connectivity index (χ3n) is 5.30. The summed E-state index contributed by atoms with van der Waals surface area (Å²) in [6.07, 6.45) is 15.2. The predicted octanol–water partition coefficient (Wildman–Crippen LogP) is 4.61. The molecule has 3 aliphatic rings. The number of amides is 1. The van der Waals surface area contributed by atoms with Crippen LogP contribution in [0, 0.1) is 5.92 Å². The molecule has 1 amide bonds. The van der Waals surface area contributed by atoms with E-state index in [-0.39, 0.29) is 18.2 Å². The molecule has 0 saturated heterocycles. The number of fused-ring (bicyclic) bond motifs is 2. The Labute approximate surface area is 133 Å². The van der Waals surface area contributed by atoms with Gasteiger partial charge in [0.05, 0.1) is 6.04 Å². The molecule has 1 fully saturated rings. The summed E-state index contributed by atoms with van der Waals surface area (Å²) in [5, 5.41) is 0. The lowest BCUT2D eigenvalue weighted by molar-refractivity contribution is 0.0526. The topological polar surface area (TPSA) is 29.5 Å². The number of rotatable bonds is 3. The van der Waals surface area contributed by atoms with Crippen LogP contribution >= 0.6 is 0 Å². The molecule has 0 bridgehead atoms. The Kier molecular flexibility index (Phi) is 4.70. The molecular weight excluding hydrogens is 274 g/mol. The van der Waals surface area contributed by atoms with E-state index in [9.17, 15) is 4.79 Å². The normalized spacial score (nSPS) is 27.0. The van der Waals surface area contributed by atoms with E-state index in [2.05, 4.69) is 38.2 Å². The molecule has 2 aliphatic carbocycles. The molecule has 0 N–H and O–H groups in total. The number of allylic oxidation sites excluding steroid dienone is 3. The van der Waals surface area contributed by atoms with E-state index in [0.717, 1.165) is 19.3 Å². The molecule has 0 aromatic heterocycles. The van der Waals surface area contributed by atoms with Crippen molar-refractivity contribution in [2.75, 3.05) is 6.54 Å². The zero-order valence-corrected chi connectivity index (χ0v) is 13.8. The SMILES string of the molecule is CCC(CC)OC(=O)N1CC=CC=C2C=C3CCCC3CC21. The van der Waals surface area contributed by atoms with Crippen molar-refractivity contribution in [1.29, 1.82) is 0 Å². The largest absolute Gasteiger partial charge is 0.446 e. The minimum absolute atomic E-state index is 0.0355. The van der Waals surface area contributed by atoms with Gasteiger partial charge in [-0.15, -0.1) is 0 Å². The summed E-state index contributed by atoms with van der Waals surface area (Å²) in [5.41, 5.74) is 2.87. The van der Waals surface area contributed by atoms with E-state index in [0.29, 0.717) is 12.5 Å². The fourth-order valence-electron chi connectivity index (χ4n) is 3.93. The van der Waals surface area contributed by atoms with Crippen molar-refractivity contribution >= 4 is 6.09 Å². The van der Waals surface area contributed by atoms with Gasteiger partial charge in [-0.05, 0) is 50.0 Å². The van der Waals surface area contributed by atoms with Crippen molar-refractivity contribution in [2.45, 2.75) is 64.5 Å². The minimum atomic E-state index is -0.147. The maximum Gasteiger partial charge on any atom is 0.410 e. The first-order chi connectivity index (χ1) is 10.7. The molecular formula is C19H27NO2. The Bertz CT molecular complexity index is 514. The van der Waals surface area contributed by atoms with Crippen molar-refractivity contribution in [3.63, 3.8) is 0 Å². The highest BCUT2D eigenvalue weighted by Crippen LogP contribution is 2.42. The maximum atomic E-state index is 12.6. The first kappa shape index (κ1) is 15.4. The fourth-order valence-corrected chi connectivity index (χ4v) is 3.93. The van der Waals surface area contributed by atoms with Crippen LogP contribution in [0.4, 0.5) is 4.79 Å². The number of ether oxygens (including phenoxy) is 1. The summed E-state index contributed by atoms with van der Waals surface area (Å²) in [5.74, 6) is 0.670. The van der Waals surface area contributed by atoms with Crippen LogP contribution in [0.15, 0.2) is 35.5 Å². The fraction of sp³-hybridized carbons (Fsp3) is 0.632. The average molecular weight is 301 g/mol. The van der Waals surface area contributed by atoms with E-state index >= 15 is 0 Å². The Balaban J connectivity index is 1.79. The van der Waals surface area contributed by atoms with Crippen LogP contribution in [0.3, 0.4) is 0 Å². The van der Waals surface area contributed by atoms with Gasteiger partial charge in [-0.25, -0.2) is 4.79 Å². The number of carbonyl (C=O) groups excluding carboxylic acids is 1. The lowest BCUT2D eigenvalue weighted by atomic mass is 9.83. The molecule has 2 atom stereocenters. The zero-order chi connectivity index (χ0) is 15.5. The second-order valence-electron chi connectivity index (χ2n) is 6.63. The van der Waals surface area contributed by atoms with Crippen LogP contribution in [-0.2, 0) is 4.74 Å². The summed E-state index contributed by atoms with van der Waals surface area (Å²) < 4.78 is 5.71. The lowest BCUT2D eigenvalue weighted by Crippen LogP contribution is -2.44. The molecule has 120 valence electrons. The second-order valence-corrected chi connectivity index (χ2v) is 6.63. The van der Waals surface area contributed by atoms with E-state index in [4.69, 9.17) is 4.74 Å². The van der Waals surface area contributed by atoms with Crippen molar-refractivity contribution < 1.29 is 9.53 Å². The van der Waals surface area contributed by atoms with Crippen LogP contribution in [0.25, 0.3) is 0 Å². The molecule has 3 rings (SSSR count). The zero-order valence-electron chi connectivity index (χ0n) is 13.8. The molecule has 0 radical (unpaired) electrons. The van der Waals surface area contributed by atoms with Crippen molar-refractivity contribution in [3.8, 4) is 0 Å². The molecule has 1 aliphatic heterocycles. The number of nitrogens with zero attached hydrogens (tertiary/aromatic N) is 1. The summed E-state index contributed by atoms with van der Waals surface area (Å²) in [4.78, 5) is 14.6. The van der Waals surface area contributed by atoms with Crippen LogP contribution in [0.1, 0.15) is 52.4 Å². The maximum absolute atomic E-state index is 12.6. The Morgan fingerprint density at radius 3 is 3.00 bits per heavy atom. The molecule has 1 saturated carbocycles. The smallest absolute Gasteiger partial charge is 0.410 e. The molecule has 22 heavy (non-hydrogen) atoms. The third-order valence-corrected chi connectivity index (χ3v) is 5.30. The highest BCUT2D eigenvalue weighted by Gasteiger charge is 2.36. The van der Waals surface area contributed by atoms with Gasteiger partial charge in [-0.1, -0.05) is 43.7 Å². The summed E-state index contributed by atoms with van der Waals surface area (Å²) in [6.45, 7) is 4.80. The van der Waals surface area contributed by atoms with E-state index in [1.165, 1.54) is 24.8 Å². The summed E-state index contributed by atoms with van der Waals surface area (Å²) in [6, 6.07) is 0.184. The summed E-state index contributed by atoms with van der Waals surface area (Å²) >= 11 is 0. The molecule has 3 heteroatoms. The predicted molar refractivity (Wildman–Crippen MR) is 88.6 cm³/mol. The van der Waals surface area contributed by atoms with Gasteiger partial charge in [0.2, 0.25) is 0 Å². The van der Waals surface area contributed by atoms with Gasteiger partial charge in [0, 0.05) is 6.54 Å². The molecule has 0 spiro atoms. The standard InChI is InChI=1S/C19H27NO2/c1-3-17(4-2)22-19(21)20-11-6-5-8-16-12-14-9-7-10-15(14)13-18(16)20/h5-6,8,12,15,17-18H,3-4,7,9-11,13H2,1-2H3. The van der Waals surface area contributed by atoms with Gasteiger partial charge in [0.25, 0.3) is 0 Å². The van der Waals surface area contributed by atoms with Crippen molar-refractivity contribution in [3.05, 3.63) is 35.5 Å². The van der Waals surface area contributed by atoms with Gasteiger partial charge < -0.3 is 4.74 Å². The Morgan fingerprint density at radius 1 is 1.41 bits per heavy atom. The monoisotopic (exact) mass is 301 g/mol. The van der Waals surface area contributed by atoms with Crippen LogP contribution < -0.4 is 0 Å². The molecule has 3 nitrogen and oxygen atoms in total.